The predicted octanol–water partition coefficient (Wildman–Crippen LogP) is 4.83. The van der Waals surface area contributed by atoms with Crippen molar-refractivity contribution in [3.63, 3.8) is 0 Å². The van der Waals surface area contributed by atoms with E-state index in [1.54, 1.807) is 0 Å². The van der Waals surface area contributed by atoms with Crippen LogP contribution in [0.25, 0.3) is 6.08 Å². The van der Waals surface area contributed by atoms with Gasteiger partial charge in [-0.25, -0.2) is 4.79 Å². The van der Waals surface area contributed by atoms with Crippen molar-refractivity contribution in [2.24, 2.45) is 0 Å². The van der Waals surface area contributed by atoms with Crippen molar-refractivity contribution in [2.45, 2.75) is 57.7 Å². The van der Waals surface area contributed by atoms with Crippen LogP contribution >= 0.6 is 11.6 Å². The third kappa shape index (κ3) is 5.01. The Kier molecular flexibility index (Phi) is 5.93. The molecule has 2 aliphatic rings. The number of carbonyl (C=O) groups is 1. The highest BCUT2D eigenvalue weighted by Gasteiger charge is 2.36. The maximum absolute atomic E-state index is 12.4. The second-order valence-corrected chi connectivity index (χ2v) is 8.67. The number of piperidine rings is 1. The largest absolute Gasteiger partial charge is 0.444 e. The third-order valence-electron chi connectivity index (χ3n) is 5.00. The molecule has 0 N–H and O–H groups in total. The molecule has 2 atom stereocenters. The molecule has 1 amide bonds. The SMILES string of the molecule is CC(C)(C)OC(=O)N1CCN2[C@@H](CCC[C@@H]2/C=C/c2cccc(Cl)c2)C1. The minimum atomic E-state index is -0.441. The van der Waals surface area contributed by atoms with E-state index in [0.717, 1.165) is 36.6 Å². The van der Waals surface area contributed by atoms with Gasteiger partial charge in [0.05, 0.1) is 0 Å². The molecule has 1 aromatic carbocycles. The van der Waals surface area contributed by atoms with Gasteiger partial charge in [0.25, 0.3) is 0 Å². The number of amides is 1. The number of nitrogens with zero attached hydrogens (tertiary/aromatic N) is 2. The average molecular weight is 377 g/mol. The first-order valence-corrected chi connectivity index (χ1v) is 9.87. The van der Waals surface area contributed by atoms with Crippen molar-refractivity contribution in [2.75, 3.05) is 19.6 Å². The van der Waals surface area contributed by atoms with Crippen LogP contribution in [0.1, 0.15) is 45.6 Å². The van der Waals surface area contributed by atoms with E-state index in [2.05, 4.69) is 23.1 Å². The quantitative estimate of drug-likeness (QED) is 0.741. The van der Waals surface area contributed by atoms with Gasteiger partial charge in [-0.3, -0.25) is 4.90 Å². The molecule has 1 aromatic rings. The number of carbonyl (C=O) groups excluding carboxylic acids is 1. The Labute approximate surface area is 161 Å². The minimum Gasteiger partial charge on any atom is -0.444 e. The number of hydrogen-bond acceptors (Lipinski definition) is 3. The maximum atomic E-state index is 12.4. The van der Waals surface area contributed by atoms with Gasteiger partial charge in [0, 0.05) is 36.7 Å². The zero-order chi connectivity index (χ0) is 18.7. The van der Waals surface area contributed by atoms with E-state index < -0.39 is 5.60 Å². The van der Waals surface area contributed by atoms with Gasteiger partial charge in [0.2, 0.25) is 0 Å². The van der Waals surface area contributed by atoms with Crippen molar-refractivity contribution >= 4 is 23.8 Å². The van der Waals surface area contributed by atoms with E-state index in [0.29, 0.717) is 12.1 Å². The molecule has 0 aliphatic carbocycles. The fourth-order valence-electron chi connectivity index (χ4n) is 3.82. The van der Waals surface area contributed by atoms with Crippen molar-refractivity contribution in [1.29, 1.82) is 0 Å². The molecule has 2 fully saturated rings. The Bertz CT molecular complexity index is 668. The Hall–Kier alpha value is -1.52. The van der Waals surface area contributed by atoms with Gasteiger partial charge in [-0.2, -0.15) is 0 Å². The van der Waals surface area contributed by atoms with Crippen LogP contribution in [0.5, 0.6) is 0 Å². The molecule has 26 heavy (non-hydrogen) atoms. The Balaban J connectivity index is 1.62. The molecule has 0 bridgehead atoms. The molecule has 2 heterocycles. The summed E-state index contributed by atoms with van der Waals surface area (Å²) in [7, 11) is 0. The summed E-state index contributed by atoms with van der Waals surface area (Å²) in [6.07, 6.45) is 7.77. The van der Waals surface area contributed by atoms with Gasteiger partial charge >= 0.3 is 6.09 Å². The smallest absolute Gasteiger partial charge is 0.410 e. The summed E-state index contributed by atoms with van der Waals surface area (Å²) < 4.78 is 5.54. The Morgan fingerprint density at radius 3 is 2.81 bits per heavy atom. The Morgan fingerprint density at radius 1 is 1.27 bits per heavy atom. The molecular formula is C21H29ClN2O2. The zero-order valence-corrected chi connectivity index (χ0v) is 16.7. The number of halogens is 1. The second-order valence-electron chi connectivity index (χ2n) is 8.23. The average Bonchev–Trinajstić information content (AvgIpc) is 2.58. The number of piperazine rings is 1. The second kappa shape index (κ2) is 8.01. The molecule has 3 rings (SSSR count). The summed E-state index contributed by atoms with van der Waals surface area (Å²) in [6.45, 7) is 8.13. The van der Waals surface area contributed by atoms with Crippen molar-refractivity contribution in [3.8, 4) is 0 Å². The highest BCUT2D eigenvalue weighted by molar-refractivity contribution is 6.30. The number of rotatable bonds is 2. The molecule has 0 aromatic heterocycles. The first kappa shape index (κ1) is 19.2. The summed E-state index contributed by atoms with van der Waals surface area (Å²) in [6, 6.07) is 8.77. The standard InChI is InChI=1S/C21H29ClN2O2/c1-21(2,3)26-20(25)23-12-13-24-18(8-5-9-19(24)15-23)11-10-16-6-4-7-17(22)14-16/h4,6-7,10-11,14,18-19H,5,8-9,12-13,15H2,1-3H3/b11-10+/t18-,19+/m1/s1. The maximum Gasteiger partial charge on any atom is 0.410 e. The summed E-state index contributed by atoms with van der Waals surface area (Å²) in [4.78, 5) is 16.8. The number of hydrogen-bond donors (Lipinski definition) is 0. The monoisotopic (exact) mass is 376 g/mol. The van der Waals surface area contributed by atoms with E-state index in [-0.39, 0.29) is 6.09 Å². The third-order valence-corrected chi connectivity index (χ3v) is 5.24. The van der Waals surface area contributed by atoms with Crippen LogP contribution in [0.2, 0.25) is 5.02 Å². The van der Waals surface area contributed by atoms with E-state index in [1.807, 2.05) is 43.9 Å². The summed E-state index contributed by atoms with van der Waals surface area (Å²) in [5.41, 5.74) is 0.690. The van der Waals surface area contributed by atoms with Crippen LogP contribution in [-0.2, 0) is 4.74 Å². The molecular weight excluding hydrogens is 348 g/mol. The predicted molar refractivity (Wildman–Crippen MR) is 106 cm³/mol. The van der Waals surface area contributed by atoms with Crippen molar-refractivity contribution in [3.05, 3.63) is 40.9 Å². The Morgan fingerprint density at radius 2 is 2.08 bits per heavy atom. The molecule has 0 spiro atoms. The molecule has 2 aliphatic heterocycles. The molecule has 0 saturated carbocycles. The fraction of sp³-hybridized carbons (Fsp3) is 0.571. The van der Waals surface area contributed by atoms with Crippen LogP contribution in [0.15, 0.2) is 30.3 Å². The van der Waals surface area contributed by atoms with Crippen LogP contribution in [-0.4, -0.2) is 53.2 Å². The molecule has 0 unspecified atom stereocenters. The van der Waals surface area contributed by atoms with E-state index >= 15 is 0 Å². The zero-order valence-electron chi connectivity index (χ0n) is 16.0. The topological polar surface area (TPSA) is 32.8 Å². The first-order chi connectivity index (χ1) is 12.3. The molecule has 5 heteroatoms. The van der Waals surface area contributed by atoms with Gasteiger partial charge in [-0.1, -0.05) is 35.9 Å². The summed E-state index contributed by atoms with van der Waals surface area (Å²) in [5.74, 6) is 0. The van der Waals surface area contributed by atoms with E-state index in [9.17, 15) is 4.79 Å². The van der Waals surface area contributed by atoms with E-state index in [4.69, 9.17) is 16.3 Å². The highest BCUT2D eigenvalue weighted by atomic mass is 35.5. The van der Waals surface area contributed by atoms with Gasteiger partial charge in [-0.15, -0.1) is 0 Å². The lowest BCUT2D eigenvalue weighted by Gasteiger charge is -2.47. The lowest BCUT2D eigenvalue weighted by Crippen LogP contribution is -2.59. The minimum absolute atomic E-state index is 0.186. The lowest BCUT2D eigenvalue weighted by molar-refractivity contribution is -0.0101. The van der Waals surface area contributed by atoms with Crippen LogP contribution < -0.4 is 0 Å². The van der Waals surface area contributed by atoms with Gasteiger partial charge < -0.3 is 9.64 Å². The summed E-state index contributed by atoms with van der Waals surface area (Å²) >= 11 is 6.07. The van der Waals surface area contributed by atoms with Crippen LogP contribution in [0.3, 0.4) is 0 Å². The highest BCUT2D eigenvalue weighted by Crippen LogP contribution is 2.28. The van der Waals surface area contributed by atoms with E-state index in [1.165, 1.54) is 12.8 Å². The summed E-state index contributed by atoms with van der Waals surface area (Å²) in [5, 5.41) is 0.764. The van der Waals surface area contributed by atoms with Crippen molar-refractivity contribution < 1.29 is 9.53 Å². The number of benzene rings is 1. The van der Waals surface area contributed by atoms with Gasteiger partial charge in [0.1, 0.15) is 5.60 Å². The van der Waals surface area contributed by atoms with Crippen LogP contribution in [0, 0.1) is 0 Å². The molecule has 4 nitrogen and oxygen atoms in total. The number of fused-ring (bicyclic) bond motifs is 1. The lowest BCUT2D eigenvalue weighted by atomic mass is 9.93. The van der Waals surface area contributed by atoms with Crippen molar-refractivity contribution in [1.82, 2.24) is 9.80 Å². The molecule has 142 valence electrons. The van der Waals surface area contributed by atoms with Gasteiger partial charge in [0.15, 0.2) is 0 Å². The fourth-order valence-corrected chi connectivity index (χ4v) is 4.02. The molecule has 2 saturated heterocycles. The van der Waals surface area contributed by atoms with Gasteiger partial charge in [-0.05, 0) is 57.7 Å². The first-order valence-electron chi connectivity index (χ1n) is 9.49. The normalized spacial score (nSPS) is 24.5. The van der Waals surface area contributed by atoms with Crippen LogP contribution in [0.4, 0.5) is 4.79 Å². The molecule has 0 radical (unpaired) electrons. The number of ether oxygens (including phenoxy) is 1.